The van der Waals surface area contributed by atoms with E-state index in [2.05, 4.69) is 22.8 Å². The Labute approximate surface area is 115 Å². The first-order chi connectivity index (χ1) is 9.17. The molecule has 0 heterocycles. The zero-order valence-electron chi connectivity index (χ0n) is 11.9. The SMILES string of the molecule is CCNC(=O)[C@H](CC)NC[C@@H](N)Cc1ccccc1. The molecule has 0 spiro atoms. The topological polar surface area (TPSA) is 67.2 Å². The first-order valence-corrected chi connectivity index (χ1v) is 6.98. The van der Waals surface area contributed by atoms with E-state index in [9.17, 15) is 4.79 Å². The van der Waals surface area contributed by atoms with Gasteiger partial charge in [-0.25, -0.2) is 0 Å². The maximum Gasteiger partial charge on any atom is 0.237 e. The highest BCUT2D eigenvalue weighted by atomic mass is 16.2. The summed E-state index contributed by atoms with van der Waals surface area (Å²) in [4.78, 5) is 11.7. The van der Waals surface area contributed by atoms with E-state index in [1.165, 1.54) is 5.56 Å². The number of benzene rings is 1. The van der Waals surface area contributed by atoms with Gasteiger partial charge in [0.1, 0.15) is 0 Å². The van der Waals surface area contributed by atoms with Crippen LogP contribution in [0.3, 0.4) is 0 Å². The summed E-state index contributed by atoms with van der Waals surface area (Å²) in [5.74, 6) is 0.0527. The van der Waals surface area contributed by atoms with Gasteiger partial charge in [-0.1, -0.05) is 37.3 Å². The van der Waals surface area contributed by atoms with Gasteiger partial charge in [0.2, 0.25) is 5.91 Å². The summed E-state index contributed by atoms with van der Waals surface area (Å²) in [5.41, 5.74) is 7.31. The van der Waals surface area contributed by atoms with Gasteiger partial charge < -0.3 is 16.4 Å². The van der Waals surface area contributed by atoms with E-state index in [0.717, 1.165) is 12.8 Å². The Balaban J connectivity index is 2.36. The summed E-state index contributed by atoms with van der Waals surface area (Å²) in [5, 5.41) is 6.06. The predicted octanol–water partition coefficient (Wildman–Crippen LogP) is 1.06. The minimum atomic E-state index is -0.151. The summed E-state index contributed by atoms with van der Waals surface area (Å²) >= 11 is 0. The summed E-state index contributed by atoms with van der Waals surface area (Å²) in [6.07, 6.45) is 1.59. The molecular weight excluding hydrogens is 238 g/mol. The smallest absolute Gasteiger partial charge is 0.237 e. The fraction of sp³-hybridized carbons (Fsp3) is 0.533. The van der Waals surface area contributed by atoms with Gasteiger partial charge in [-0.15, -0.1) is 0 Å². The van der Waals surface area contributed by atoms with Crippen LogP contribution in [-0.4, -0.2) is 31.1 Å². The first-order valence-electron chi connectivity index (χ1n) is 6.98. The number of nitrogens with two attached hydrogens (primary N) is 1. The van der Waals surface area contributed by atoms with Gasteiger partial charge >= 0.3 is 0 Å². The van der Waals surface area contributed by atoms with Gasteiger partial charge in [-0.2, -0.15) is 0 Å². The highest BCUT2D eigenvalue weighted by Gasteiger charge is 2.15. The molecule has 0 aliphatic heterocycles. The lowest BCUT2D eigenvalue weighted by Gasteiger charge is -2.19. The van der Waals surface area contributed by atoms with E-state index in [4.69, 9.17) is 5.73 Å². The Morgan fingerprint density at radius 2 is 1.95 bits per heavy atom. The Kier molecular flexibility index (Phi) is 7.15. The molecule has 0 aromatic heterocycles. The average molecular weight is 263 g/mol. The summed E-state index contributed by atoms with van der Waals surface area (Å²) < 4.78 is 0. The van der Waals surface area contributed by atoms with Crippen LogP contribution in [0.15, 0.2) is 30.3 Å². The standard InChI is InChI=1S/C15H25N3O/c1-3-14(15(19)17-4-2)18-11-13(16)10-12-8-6-5-7-9-12/h5-9,13-14,18H,3-4,10-11,16H2,1-2H3,(H,17,19)/t13-,14-/m0/s1. The molecule has 0 radical (unpaired) electrons. The molecule has 0 saturated carbocycles. The quantitative estimate of drug-likeness (QED) is 0.657. The van der Waals surface area contributed by atoms with Crippen LogP contribution < -0.4 is 16.4 Å². The van der Waals surface area contributed by atoms with Gasteiger partial charge in [0, 0.05) is 19.1 Å². The molecule has 0 aliphatic carbocycles. The highest BCUT2D eigenvalue weighted by Crippen LogP contribution is 2.01. The van der Waals surface area contributed by atoms with Crippen LogP contribution in [0.4, 0.5) is 0 Å². The third-order valence-corrected chi connectivity index (χ3v) is 3.04. The predicted molar refractivity (Wildman–Crippen MR) is 78.9 cm³/mol. The fourth-order valence-electron chi connectivity index (χ4n) is 2.00. The average Bonchev–Trinajstić information content (AvgIpc) is 2.41. The van der Waals surface area contributed by atoms with Gasteiger partial charge in [0.05, 0.1) is 6.04 Å². The van der Waals surface area contributed by atoms with Crippen LogP contribution in [0.25, 0.3) is 0 Å². The molecule has 0 unspecified atom stereocenters. The van der Waals surface area contributed by atoms with E-state index in [-0.39, 0.29) is 18.0 Å². The van der Waals surface area contributed by atoms with Crippen molar-refractivity contribution in [2.45, 2.75) is 38.8 Å². The van der Waals surface area contributed by atoms with Crippen LogP contribution in [0.5, 0.6) is 0 Å². The minimum absolute atomic E-state index is 0.0193. The van der Waals surface area contributed by atoms with Crippen molar-refractivity contribution >= 4 is 5.91 Å². The van der Waals surface area contributed by atoms with Gasteiger partial charge in [0.25, 0.3) is 0 Å². The number of rotatable bonds is 8. The third-order valence-electron chi connectivity index (χ3n) is 3.04. The molecule has 106 valence electrons. The van der Waals surface area contributed by atoms with E-state index < -0.39 is 0 Å². The molecule has 0 saturated heterocycles. The molecule has 1 aromatic carbocycles. The van der Waals surface area contributed by atoms with Crippen LogP contribution in [0.2, 0.25) is 0 Å². The number of carbonyl (C=O) groups is 1. The van der Waals surface area contributed by atoms with Crippen molar-refractivity contribution in [2.24, 2.45) is 5.73 Å². The molecule has 0 aliphatic rings. The zero-order valence-corrected chi connectivity index (χ0v) is 11.9. The first kappa shape index (κ1) is 15.7. The number of hydrogen-bond acceptors (Lipinski definition) is 3. The molecule has 0 bridgehead atoms. The molecule has 1 rings (SSSR count). The number of amides is 1. The molecule has 4 nitrogen and oxygen atoms in total. The summed E-state index contributed by atoms with van der Waals surface area (Å²) in [6.45, 7) is 5.22. The van der Waals surface area contributed by atoms with Crippen molar-refractivity contribution in [3.05, 3.63) is 35.9 Å². The largest absolute Gasteiger partial charge is 0.355 e. The molecule has 4 heteroatoms. The van der Waals surface area contributed by atoms with E-state index in [1.807, 2.05) is 32.0 Å². The van der Waals surface area contributed by atoms with Gasteiger partial charge in [0.15, 0.2) is 0 Å². The van der Waals surface area contributed by atoms with E-state index >= 15 is 0 Å². The summed E-state index contributed by atoms with van der Waals surface area (Å²) in [6, 6.07) is 10.0. The lowest BCUT2D eigenvalue weighted by molar-refractivity contribution is -0.123. The molecule has 0 fully saturated rings. The number of likely N-dealkylation sites (N-methyl/N-ethyl adjacent to an activating group) is 1. The van der Waals surface area contributed by atoms with Crippen LogP contribution >= 0.6 is 0 Å². The normalized spacial score (nSPS) is 13.8. The number of hydrogen-bond donors (Lipinski definition) is 3. The highest BCUT2D eigenvalue weighted by molar-refractivity contribution is 5.81. The van der Waals surface area contributed by atoms with E-state index in [1.54, 1.807) is 0 Å². The Bertz CT molecular complexity index is 367. The molecule has 19 heavy (non-hydrogen) atoms. The number of nitrogens with one attached hydrogen (secondary N) is 2. The molecule has 1 amide bonds. The Morgan fingerprint density at radius 3 is 2.53 bits per heavy atom. The third kappa shape index (κ3) is 5.85. The molecule has 1 aromatic rings. The number of carbonyl (C=O) groups excluding carboxylic acids is 1. The lowest BCUT2D eigenvalue weighted by atomic mass is 10.1. The van der Waals surface area contributed by atoms with E-state index in [0.29, 0.717) is 13.1 Å². The fourth-order valence-corrected chi connectivity index (χ4v) is 2.00. The second-order valence-corrected chi connectivity index (χ2v) is 4.71. The van der Waals surface area contributed by atoms with Gasteiger partial charge in [-0.05, 0) is 25.3 Å². The van der Waals surface area contributed by atoms with Crippen LogP contribution in [0.1, 0.15) is 25.8 Å². The molecule has 2 atom stereocenters. The Morgan fingerprint density at radius 1 is 1.26 bits per heavy atom. The molecular formula is C15H25N3O. The lowest BCUT2D eigenvalue weighted by Crippen LogP contribution is -2.48. The van der Waals surface area contributed by atoms with Crippen molar-refractivity contribution < 1.29 is 4.79 Å². The summed E-state index contributed by atoms with van der Waals surface area (Å²) in [7, 11) is 0. The van der Waals surface area contributed by atoms with Crippen molar-refractivity contribution in [1.29, 1.82) is 0 Å². The zero-order chi connectivity index (χ0) is 14.1. The maximum atomic E-state index is 11.7. The maximum absolute atomic E-state index is 11.7. The second kappa shape index (κ2) is 8.67. The van der Waals surface area contributed by atoms with Gasteiger partial charge in [-0.3, -0.25) is 4.79 Å². The molecule has 4 N–H and O–H groups in total. The van der Waals surface area contributed by atoms with Crippen molar-refractivity contribution in [3.63, 3.8) is 0 Å². The monoisotopic (exact) mass is 263 g/mol. The van der Waals surface area contributed by atoms with Crippen molar-refractivity contribution in [1.82, 2.24) is 10.6 Å². The second-order valence-electron chi connectivity index (χ2n) is 4.71. The Hall–Kier alpha value is -1.39. The van der Waals surface area contributed by atoms with Crippen LogP contribution in [-0.2, 0) is 11.2 Å². The minimum Gasteiger partial charge on any atom is -0.355 e. The van der Waals surface area contributed by atoms with Crippen LogP contribution in [0, 0.1) is 0 Å². The van der Waals surface area contributed by atoms with Crippen molar-refractivity contribution in [2.75, 3.05) is 13.1 Å². The van der Waals surface area contributed by atoms with Crippen molar-refractivity contribution in [3.8, 4) is 0 Å².